The van der Waals surface area contributed by atoms with Crippen LogP contribution in [0.25, 0.3) is 0 Å². The van der Waals surface area contributed by atoms with Crippen LogP contribution in [0.2, 0.25) is 0 Å². The fraction of sp³-hybridized carbons (Fsp3) is 1.00. The number of nitrogens with one attached hydrogen (secondary N) is 1. The van der Waals surface area contributed by atoms with Crippen LogP contribution in [-0.2, 0) is 4.74 Å². The van der Waals surface area contributed by atoms with Gasteiger partial charge in [-0.05, 0) is 44.6 Å². The molecule has 0 aromatic carbocycles. The van der Waals surface area contributed by atoms with Gasteiger partial charge in [-0.1, -0.05) is 6.42 Å². The summed E-state index contributed by atoms with van der Waals surface area (Å²) in [5.41, 5.74) is 0.597. The lowest BCUT2D eigenvalue weighted by molar-refractivity contribution is -0.169. The largest absolute Gasteiger partial charge is 0.380 e. The highest BCUT2D eigenvalue weighted by molar-refractivity contribution is 4.98. The van der Waals surface area contributed by atoms with Crippen molar-refractivity contribution in [3.63, 3.8) is 0 Å². The van der Waals surface area contributed by atoms with E-state index in [1.165, 1.54) is 45.1 Å². The van der Waals surface area contributed by atoms with Crippen molar-refractivity contribution in [1.29, 1.82) is 0 Å². The summed E-state index contributed by atoms with van der Waals surface area (Å²) in [6.07, 6.45) is 8.56. The van der Waals surface area contributed by atoms with E-state index in [2.05, 4.69) is 5.32 Å². The quantitative estimate of drug-likeness (QED) is 0.743. The molecule has 0 aromatic heterocycles. The van der Waals surface area contributed by atoms with E-state index < -0.39 is 0 Å². The smallest absolute Gasteiger partial charge is 0.0548 e. The minimum atomic E-state index is 0.597. The summed E-state index contributed by atoms with van der Waals surface area (Å²) < 4.78 is 5.48. The van der Waals surface area contributed by atoms with E-state index in [0.717, 1.165) is 25.2 Å². The topological polar surface area (TPSA) is 21.3 Å². The van der Waals surface area contributed by atoms with Crippen molar-refractivity contribution in [2.24, 2.45) is 11.3 Å². The van der Waals surface area contributed by atoms with E-state index in [0.29, 0.717) is 5.41 Å². The molecule has 1 aliphatic carbocycles. The van der Waals surface area contributed by atoms with Crippen molar-refractivity contribution in [3.8, 4) is 0 Å². The molecule has 0 spiro atoms. The minimum absolute atomic E-state index is 0.597. The lowest BCUT2D eigenvalue weighted by Crippen LogP contribution is -2.53. The molecule has 2 heteroatoms. The molecule has 0 bridgehead atoms. The van der Waals surface area contributed by atoms with Crippen LogP contribution >= 0.6 is 0 Å². The fourth-order valence-electron chi connectivity index (χ4n) is 3.33. The van der Waals surface area contributed by atoms with Gasteiger partial charge in [0.2, 0.25) is 0 Å². The van der Waals surface area contributed by atoms with Crippen LogP contribution in [0, 0.1) is 11.3 Å². The second kappa shape index (κ2) is 3.49. The Labute approximate surface area is 86.4 Å². The zero-order valence-corrected chi connectivity index (χ0v) is 8.93. The molecular formula is C12H21NO. The Morgan fingerprint density at radius 3 is 2.43 bits per heavy atom. The SMILES string of the molecule is C1CNC(CC2(C3CCC3)COC2)C1. The van der Waals surface area contributed by atoms with Crippen LogP contribution in [0.3, 0.4) is 0 Å². The Balaban J connectivity index is 1.61. The van der Waals surface area contributed by atoms with Gasteiger partial charge in [-0.15, -0.1) is 0 Å². The first-order valence-corrected chi connectivity index (χ1v) is 6.20. The van der Waals surface area contributed by atoms with E-state index >= 15 is 0 Å². The lowest BCUT2D eigenvalue weighted by Gasteiger charge is -2.52. The molecule has 3 fully saturated rings. The van der Waals surface area contributed by atoms with Gasteiger partial charge in [-0.2, -0.15) is 0 Å². The number of ether oxygens (including phenoxy) is 1. The molecule has 2 saturated heterocycles. The number of hydrogen-bond acceptors (Lipinski definition) is 2. The van der Waals surface area contributed by atoms with E-state index in [-0.39, 0.29) is 0 Å². The molecule has 2 aliphatic heterocycles. The first kappa shape index (κ1) is 9.17. The maximum atomic E-state index is 5.48. The normalized spacial score (nSPS) is 36.4. The average molecular weight is 195 g/mol. The molecule has 0 radical (unpaired) electrons. The molecule has 3 aliphatic rings. The molecule has 14 heavy (non-hydrogen) atoms. The summed E-state index contributed by atoms with van der Waals surface area (Å²) >= 11 is 0. The molecule has 1 atom stereocenters. The minimum Gasteiger partial charge on any atom is -0.380 e. The number of hydrogen-bond donors (Lipinski definition) is 1. The zero-order chi connectivity index (χ0) is 9.43. The van der Waals surface area contributed by atoms with Crippen molar-refractivity contribution >= 4 is 0 Å². The van der Waals surface area contributed by atoms with Crippen molar-refractivity contribution in [3.05, 3.63) is 0 Å². The van der Waals surface area contributed by atoms with Gasteiger partial charge < -0.3 is 10.1 Å². The maximum Gasteiger partial charge on any atom is 0.0548 e. The second-order valence-corrected chi connectivity index (χ2v) is 5.48. The predicted molar refractivity (Wildman–Crippen MR) is 56.2 cm³/mol. The standard InChI is InChI=1S/C12H21NO/c1-3-10(4-1)12(8-14-9-12)7-11-5-2-6-13-11/h10-11,13H,1-9H2. The molecular weight excluding hydrogens is 174 g/mol. The first-order valence-electron chi connectivity index (χ1n) is 6.20. The second-order valence-electron chi connectivity index (χ2n) is 5.48. The van der Waals surface area contributed by atoms with Gasteiger partial charge >= 0.3 is 0 Å². The van der Waals surface area contributed by atoms with Crippen LogP contribution in [0.15, 0.2) is 0 Å². The summed E-state index contributed by atoms with van der Waals surface area (Å²) in [6.45, 7) is 3.35. The molecule has 1 saturated carbocycles. The molecule has 0 aromatic rings. The monoisotopic (exact) mass is 195 g/mol. The molecule has 0 amide bonds. The number of rotatable bonds is 3. The third-order valence-electron chi connectivity index (χ3n) is 4.57. The third kappa shape index (κ3) is 1.40. The van der Waals surface area contributed by atoms with Crippen molar-refractivity contribution < 1.29 is 4.74 Å². The molecule has 2 nitrogen and oxygen atoms in total. The van der Waals surface area contributed by atoms with Crippen LogP contribution in [0.4, 0.5) is 0 Å². The molecule has 80 valence electrons. The lowest BCUT2D eigenvalue weighted by atomic mass is 9.61. The highest BCUT2D eigenvalue weighted by Gasteiger charge is 2.48. The third-order valence-corrected chi connectivity index (χ3v) is 4.57. The summed E-state index contributed by atoms with van der Waals surface area (Å²) in [5.74, 6) is 0.999. The Morgan fingerprint density at radius 2 is 2.00 bits per heavy atom. The van der Waals surface area contributed by atoms with Gasteiger partial charge in [0.15, 0.2) is 0 Å². The molecule has 1 unspecified atom stereocenters. The molecule has 1 N–H and O–H groups in total. The van der Waals surface area contributed by atoms with Gasteiger partial charge in [0.05, 0.1) is 13.2 Å². The predicted octanol–water partition coefficient (Wildman–Crippen LogP) is 1.95. The average Bonchev–Trinajstić information content (AvgIpc) is 2.49. The van der Waals surface area contributed by atoms with Gasteiger partial charge in [-0.25, -0.2) is 0 Å². The summed E-state index contributed by atoms with van der Waals surface area (Å²) in [6, 6.07) is 0.805. The van der Waals surface area contributed by atoms with Crippen LogP contribution in [0.5, 0.6) is 0 Å². The summed E-state index contributed by atoms with van der Waals surface area (Å²) in [5, 5.41) is 3.63. The van der Waals surface area contributed by atoms with Crippen molar-refractivity contribution in [2.45, 2.75) is 44.6 Å². The van der Waals surface area contributed by atoms with Crippen molar-refractivity contribution in [2.75, 3.05) is 19.8 Å². The van der Waals surface area contributed by atoms with Gasteiger partial charge in [0, 0.05) is 11.5 Å². The Morgan fingerprint density at radius 1 is 1.14 bits per heavy atom. The Hall–Kier alpha value is -0.0800. The van der Waals surface area contributed by atoms with Gasteiger partial charge in [0.25, 0.3) is 0 Å². The summed E-state index contributed by atoms with van der Waals surface area (Å²) in [4.78, 5) is 0. The Bertz CT molecular complexity index is 202. The van der Waals surface area contributed by atoms with Crippen LogP contribution in [-0.4, -0.2) is 25.8 Å². The van der Waals surface area contributed by atoms with E-state index in [9.17, 15) is 0 Å². The van der Waals surface area contributed by atoms with E-state index in [4.69, 9.17) is 4.74 Å². The van der Waals surface area contributed by atoms with Gasteiger partial charge in [0.1, 0.15) is 0 Å². The molecule has 3 rings (SSSR count). The molecule has 2 heterocycles. The maximum absolute atomic E-state index is 5.48. The zero-order valence-electron chi connectivity index (χ0n) is 8.93. The van der Waals surface area contributed by atoms with Crippen molar-refractivity contribution in [1.82, 2.24) is 5.32 Å². The Kier molecular flexibility index (Phi) is 2.29. The van der Waals surface area contributed by atoms with Gasteiger partial charge in [-0.3, -0.25) is 0 Å². The fourth-order valence-corrected chi connectivity index (χ4v) is 3.33. The van der Waals surface area contributed by atoms with Crippen LogP contribution in [0.1, 0.15) is 38.5 Å². The highest BCUT2D eigenvalue weighted by Crippen LogP contribution is 2.50. The highest BCUT2D eigenvalue weighted by atomic mass is 16.5. The van der Waals surface area contributed by atoms with E-state index in [1.54, 1.807) is 0 Å². The summed E-state index contributed by atoms with van der Waals surface area (Å²) in [7, 11) is 0. The first-order chi connectivity index (χ1) is 6.89. The van der Waals surface area contributed by atoms with E-state index in [1.807, 2.05) is 0 Å². The van der Waals surface area contributed by atoms with Crippen LogP contribution < -0.4 is 5.32 Å².